The summed E-state index contributed by atoms with van der Waals surface area (Å²) in [6.07, 6.45) is 6.26. The summed E-state index contributed by atoms with van der Waals surface area (Å²) in [5.41, 5.74) is 0.203. The number of carbonyl (C=O) groups is 1. The maximum atomic E-state index is 12.0. The Kier molecular flexibility index (Phi) is 5.06. The van der Waals surface area contributed by atoms with E-state index in [9.17, 15) is 13.2 Å². The Morgan fingerprint density at radius 1 is 1.33 bits per heavy atom. The van der Waals surface area contributed by atoms with E-state index in [1.807, 2.05) is 0 Å². The van der Waals surface area contributed by atoms with Crippen LogP contribution >= 0.6 is 11.3 Å². The number of nitrogens with one attached hydrogen (secondary N) is 1. The normalized spacial score (nSPS) is 18.4. The van der Waals surface area contributed by atoms with Crippen LogP contribution in [0.1, 0.15) is 43.9 Å². The third-order valence-electron chi connectivity index (χ3n) is 4.03. The van der Waals surface area contributed by atoms with Crippen molar-refractivity contribution in [3.05, 3.63) is 17.0 Å². The molecule has 0 bridgehead atoms. The molecule has 3 N–H and O–H groups in total. The van der Waals surface area contributed by atoms with Gasteiger partial charge in [0.05, 0.1) is 6.42 Å². The molecule has 21 heavy (non-hydrogen) atoms. The van der Waals surface area contributed by atoms with E-state index in [-0.39, 0.29) is 22.0 Å². The monoisotopic (exact) mass is 330 g/mol. The third-order valence-corrected chi connectivity index (χ3v) is 6.55. The van der Waals surface area contributed by atoms with Crippen LogP contribution in [0.15, 0.2) is 16.3 Å². The highest BCUT2D eigenvalue weighted by Crippen LogP contribution is 2.34. The fourth-order valence-corrected chi connectivity index (χ4v) is 4.50. The lowest BCUT2D eigenvalue weighted by Crippen LogP contribution is -2.37. The van der Waals surface area contributed by atoms with Crippen molar-refractivity contribution in [1.82, 2.24) is 5.32 Å². The van der Waals surface area contributed by atoms with Crippen molar-refractivity contribution in [3.63, 3.8) is 0 Å². The maximum absolute atomic E-state index is 12.0. The highest BCUT2D eigenvalue weighted by atomic mass is 32.2. The van der Waals surface area contributed by atoms with Crippen LogP contribution < -0.4 is 10.5 Å². The summed E-state index contributed by atoms with van der Waals surface area (Å²) in [5, 5.41) is 8.03. The van der Waals surface area contributed by atoms with Crippen molar-refractivity contribution < 1.29 is 13.2 Å². The first-order chi connectivity index (χ1) is 9.78. The van der Waals surface area contributed by atoms with Crippen LogP contribution in [0.2, 0.25) is 0 Å². The van der Waals surface area contributed by atoms with Crippen LogP contribution in [0.25, 0.3) is 0 Å². The van der Waals surface area contributed by atoms with Gasteiger partial charge in [-0.25, -0.2) is 13.6 Å². The molecule has 0 atom stereocenters. The van der Waals surface area contributed by atoms with Gasteiger partial charge in [-0.2, -0.15) is 0 Å². The van der Waals surface area contributed by atoms with Gasteiger partial charge in [0.15, 0.2) is 0 Å². The van der Waals surface area contributed by atoms with Gasteiger partial charge in [-0.3, -0.25) is 4.79 Å². The lowest BCUT2D eigenvalue weighted by atomic mass is 9.76. The van der Waals surface area contributed by atoms with Gasteiger partial charge in [-0.1, -0.05) is 26.2 Å². The average Bonchev–Trinajstić information content (AvgIpc) is 2.86. The number of hydrogen-bond acceptors (Lipinski definition) is 4. The molecule has 0 radical (unpaired) electrons. The zero-order valence-corrected chi connectivity index (χ0v) is 13.9. The van der Waals surface area contributed by atoms with E-state index in [1.165, 1.54) is 25.3 Å². The number of rotatable bonds is 5. The number of thiophene rings is 1. The predicted octanol–water partition coefficient (Wildman–Crippen LogP) is 2.02. The van der Waals surface area contributed by atoms with Crippen LogP contribution in [0.5, 0.6) is 0 Å². The van der Waals surface area contributed by atoms with Gasteiger partial charge in [-0.15, -0.1) is 11.3 Å². The summed E-state index contributed by atoms with van der Waals surface area (Å²) in [6, 6.07) is 3.09. The smallest absolute Gasteiger partial charge is 0.247 e. The van der Waals surface area contributed by atoms with Gasteiger partial charge in [0, 0.05) is 11.4 Å². The number of primary sulfonamides is 1. The molecule has 1 aliphatic rings. The molecule has 0 spiro atoms. The number of nitrogens with two attached hydrogens (primary N) is 1. The highest BCUT2D eigenvalue weighted by molar-refractivity contribution is 7.91. The predicted molar refractivity (Wildman–Crippen MR) is 83.6 cm³/mol. The molecule has 2 rings (SSSR count). The summed E-state index contributed by atoms with van der Waals surface area (Å²) < 4.78 is 22.5. The molecule has 0 unspecified atom stereocenters. The van der Waals surface area contributed by atoms with Crippen LogP contribution in [0, 0.1) is 5.41 Å². The summed E-state index contributed by atoms with van der Waals surface area (Å²) >= 11 is 1.05. The number of hydrogen-bond donors (Lipinski definition) is 2. The number of sulfonamides is 1. The van der Waals surface area contributed by atoms with Gasteiger partial charge < -0.3 is 5.32 Å². The van der Waals surface area contributed by atoms with Gasteiger partial charge in [0.1, 0.15) is 4.21 Å². The molecule has 1 heterocycles. The van der Waals surface area contributed by atoms with Crippen LogP contribution in [0.4, 0.5) is 0 Å². The molecule has 0 saturated heterocycles. The van der Waals surface area contributed by atoms with Gasteiger partial charge >= 0.3 is 0 Å². The molecule has 1 aromatic rings. The van der Waals surface area contributed by atoms with Crippen molar-refractivity contribution in [2.45, 2.75) is 49.7 Å². The Bertz CT molecular complexity index is 601. The SMILES string of the molecule is CC1(CNC(=O)Cc2ccc(S(N)(=O)=O)s2)CCCCC1. The molecule has 1 aromatic heterocycles. The lowest BCUT2D eigenvalue weighted by Gasteiger charge is -2.33. The van der Waals surface area contributed by atoms with Crippen molar-refractivity contribution in [1.29, 1.82) is 0 Å². The largest absolute Gasteiger partial charge is 0.355 e. The minimum Gasteiger partial charge on any atom is -0.355 e. The molecule has 7 heteroatoms. The fraction of sp³-hybridized carbons (Fsp3) is 0.643. The molecule has 5 nitrogen and oxygen atoms in total. The molecule has 118 valence electrons. The second kappa shape index (κ2) is 6.46. The highest BCUT2D eigenvalue weighted by Gasteiger charge is 2.27. The summed E-state index contributed by atoms with van der Waals surface area (Å²) in [4.78, 5) is 12.7. The number of amides is 1. The van der Waals surface area contributed by atoms with Gasteiger partial charge in [0.25, 0.3) is 0 Å². The van der Waals surface area contributed by atoms with E-state index >= 15 is 0 Å². The van der Waals surface area contributed by atoms with E-state index < -0.39 is 10.0 Å². The van der Waals surface area contributed by atoms with Crippen LogP contribution in [0.3, 0.4) is 0 Å². The molecule has 0 aromatic carbocycles. The molecule has 1 amide bonds. The van der Waals surface area contributed by atoms with Crippen molar-refractivity contribution >= 4 is 27.3 Å². The lowest BCUT2D eigenvalue weighted by molar-refractivity contribution is -0.121. The third kappa shape index (κ3) is 4.79. The van der Waals surface area contributed by atoms with E-state index in [1.54, 1.807) is 6.07 Å². The van der Waals surface area contributed by atoms with E-state index in [4.69, 9.17) is 5.14 Å². The quantitative estimate of drug-likeness (QED) is 0.865. The standard InChI is InChI=1S/C14H22N2O3S2/c1-14(7-3-2-4-8-14)10-16-12(17)9-11-5-6-13(20-11)21(15,18)19/h5-6H,2-4,7-10H2,1H3,(H,16,17)(H2,15,18,19). The Morgan fingerprint density at radius 3 is 2.57 bits per heavy atom. The summed E-state index contributed by atoms with van der Waals surface area (Å²) in [5.74, 6) is -0.0652. The van der Waals surface area contributed by atoms with Gasteiger partial charge in [-0.05, 0) is 30.4 Å². The molecule has 0 aliphatic heterocycles. The number of carbonyl (C=O) groups excluding carboxylic acids is 1. The summed E-state index contributed by atoms with van der Waals surface area (Å²) in [6.45, 7) is 2.91. The minimum absolute atomic E-state index is 0.0652. The molecule has 1 aliphatic carbocycles. The van der Waals surface area contributed by atoms with Crippen molar-refractivity contribution in [3.8, 4) is 0 Å². The Labute approximate surface area is 130 Å². The van der Waals surface area contributed by atoms with Crippen LogP contribution in [-0.4, -0.2) is 20.9 Å². The first kappa shape index (κ1) is 16.5. The molecule has 1 saturated carbocycles. The zero-order chi connectivity index (χ0) is 15.5. The zero-order valence-electron chi connectivity index (χ0n) is 12.2. The average molecular weight is 330 g/mol. The van der Waals surface area contributed by atoms with Crippen molar-refractivity contribution in [2.75, 3.05) is 6.54 Å². The first-order valence-electron chi connectivity index (χ1n) is 7.17. The van der Waals surface area contributed by atoms with Crippen molar-refractivity contribution in [2.24, 2.45) is 10.6 Å². The van der Waals surface area contributed by atoms with E-state index in [2.05, 4.69) is 12.2 Å². The molecular weight excluding hydrogens is 308 g/mol. The maximum Gasteiger partial charge on any atom is 0.247 e. The molecular formula is C14H22N2O3S2. The summed E-state index contributed by atoms with van der Waals surface area (Å²) in [7, 11) is -3.67. The fourth-order valence-electron chi connectivity index (χ4n) is 2.72. The Balaban J connectivity index is 1.86. The second-order valence-corrected chi connectivity index (χ2v) is 9.05. The van der Waals surface area contributed by atoms with Crippen LogP contribution in [-0.2, 0) is 21.2 Å². The molecule has 1 fully saturated rings. The van der Waals surface area contributed by atoms with E-state index in [0.717, 1.165) is 24.2 Å². The van der Waals surface area contributed by atoms with Gasteiger partial charge in [0.2, 0.25) is 15.9 Å². The Morgan fingerprint density at radius 2 is 2.00 bits per heavy atom. The Hall–Kier alpha value is -0.920. The minimum atomic E-state index is -3.67. The topological polar surface area (TPSA) is 89.3 Å². The second-order valence-electron chi connectivity index (χ2n) is 6.09. The van der Waals surface area contributed by atoms with E-state index in [0.29, 0.717) is 11.4 Å². The first-order valence-corrected chi connectivity index (χ1v) is 9.53.